The Balaban J connectivity index is 1.54. The topological polar surface area (TPSA) is 63.9 Å². The SMILES string of the molecule is C[C@H]1c2nn(C)c(-c3cc(F)c(F)c(F)c3)c2CCN1C(=O)c1ncnc2ccccc12. The minimum atomic E-state index is -1.51. The van der Waals surface area contributed by atoms with Gasteiger partial charge in [-0.3, -0.25) is 9.48 Å². The Morgan fingerprint density at radius 3 is 2.56 bits per heavy atom. The number of nitrogens with zero attached hydrogens (tertiary/aromatic N) is 5. The van der Waals surface area contributed by atoms with Crippen molar-refractivity contribution >= 4 is 16.8 Å². The molecule has 0 saturated heterocycles. The smallest absolute Gasteiger partial charge is 0.273 e. The third-order valence-corrected chi connectivity index (χ3v) is 5.91. The summed E-state index contributed by atoms with van der Waals surface area (Å²) in [5.41, 5.74) is 3.10. The number of carbonyl (C=O) groups is 1. The van der Waals surface area contributed by atoms with Gasteiger partial charge in [-0.25, -0.2) is 23.1 Å². The van der Waals surface area contributed by atoms with Crippen LogP contribution in [0.3, 0.4) is 0 Å². The van der Waals surface area contributed by atoms with E-state index in [0.717, 1.165) is 17.7 Å². The van der Waals surface area contributed by atoms with Crippen LogP contribution in [0.15, 0.2) is 42.7 Å². The van der Waals surface area contributed by atoms with Crippen molar-refractivity contribution in [2.45, 2.75) is 19.4 Å². The molecule has 1 aliphatic heterocycles. The van der Waals surface area contributed by atoms with Crippen LogP contribution in [0.1, 0.15) is 34.7 Å². The molecular formula is C23H18F3N5O. The number of rotatable bonds is 2. The van der Waals surface area contributed by atoms with Gasteiger partial charge in [-0.1, -0.05) is 18.2 Å². The van der Waals surface area contributed by atoms with E-state index in [4.69, 9.17) is 0 Å². The fraction of sp³-hybridized carbons (Fsp3) is 0.217. The zero-order chi connectivity index (χ0) is 22.6. The van der Waals surface area contributed by atoms with Crippen LogP contribution in [0.25, 0.3) is 22.2 Å². The maximum atomic E-state index is 13.8. The predicted octanol–water partition coefficient (Wildman–Crippen LogP) is 4.21. The number of amides is 1. The Morgan fingerprint density at radius 1 is 1.09 bits per heavy atom. The van der Waals surface area contributed by atoms with Crippen molar-refractivity contribution in [1.29, 1.82) is 0 Å². The Hall–Kier alpha value is -3.75. The number of aryl methyl sites for hydroxylation is 1. The van der Waals surface area contributed by atoms with Crippen molar-refractivity contribution < 1.29 is 18.0 Å². The standard InChI is InChI=1S/C23H18F3N5O/c1-12-20-15(22(30(2)29-20)13-9-16(24)19(26)17(25)10-13)7-8-31(12)23(32)21-14-5-3-4-6-18(14)27-11-28-21/h3-6,9-12H,7-8H2,1-2H3/t12-/m0/s1. The third kappa shape index (κ3) is 3.04. The fourth-order valence-corrected chi connectivity index (χ4v) is 4.39. The lowest BCUT2D eigenvalue weighted by Crippen LogP contribution is -2.39. The first-order chi connectivity index (χ1) is 15.4. The largest absolute Gasteiger partial charge is 0.329 e. The highest BCUT2D eigenvalue weighted by atomic mass is 19.2. The lowest BCUT2D eigenvalue weighted by molar-refractivity contribution is 0.0669. The number of carbonyl (C=O) groups excluding carboxylic acids is 1. The van der Waals surface area contributed by atoms with E-state index in [1.54, 1.807) is 18.0 Å². The van der Waals surface area contributed by atoms with Gasteiger partial charge in [-0.2, -0.15) is 5.10 Å². The van der Waals surface area contributed by atoms with Crippen molar-refractivity contribution in [3.8, 4) is 11.3 Å². The van der Waals surface area contributed by atoms with E-state index in [1.165, 1.54) is 11.0 Å². The van der Waals surface area contributed by atoms with Gasteiger partial charge in [0.05, 0.1) is 22.9 Å². The van der Waals surface area contributed by atoms with Crippen LogP contribution in [0, 0.1) is 17.5 Å². The molecule has 5 rings (SSSR count). The summed E-state index contributed by atoms with van der Waals surface area (Å²) < 4.78 is 42.6. The van der Waals surface area contributed by atoms with E-state index in [-0.39, 0.29) is 11.5 Å². The highest BCUT2D eigenvalue weighted by Crippen LogP contribution is 2.37. The first-order valence-corrected chi connectivity index (χ1v) is 10.1. The normalized spacial score (nSPS) is 15.8. The second kappa shape index (κ2) is 7.44. The summed E-state index contributed by atoms with van der Waals surface area (Å²) >= 11 is 0. The van der Waals surface area contributed by atoms with E-state index < -0.39 is 23.5 Å². The van der Waals surface area contributed by atoms with Crippen molar-refractivity contribution in [1.82, 2.24) is 24.6 Å². The van der Waals surface area contributed by atoms with Crippen molar-refractivity contribution in [3.05, 3.63) is 77.1 Å². The second-order valence-electron chi connectivity index (χ2n) is 7.75. The maximum Gasteiger partial charge on any atom is 0.273 e. The van der Waals surface area contributed by atoms with Gasteiger partial charge in [0.1, 0.15) is 12.0 Å². The zero-order valence-corrected chi connectivity index (χ0v) is 17.3. The highest BCUT2D eigenvalue weighted by Gasteiger charge is 2.34. The predicted molar refractivity (Wildman–Crippen MR) is 111 cm³/mol. The number of benzene rings is 2. The molecular weight excluding hydrogens is 419 g/mol. The summed E-state index contributed by atoms with van der Waals surface area (Å²) in [6.07, 6.45) is 1.80. The van der Waals surface area contributed by atoms with Crippen LogP contribution in [-0.4, -0.2) is 37.1 Å². The molecule has 0 saturated carbocycles. The average Bonchev–Trinajstić information content (AvgIpc) is 3.13. The molecule has 6 nitrogen and oxygen atoms in total. The Morgan fingerprint density at radius 2 is 1.81 bits per heavy atom. The summed E-state index contributed by atoms with van der Waals surface area (Å²) in [5, 5.41) is 5.19. The summed E-state index contributed by atoms with van der Waals surface area (Å²) in [5.74, 6) is -4.27. The lowest BCUT2D eigenvalue weighted by Gasteiger charge is -2.32. The summed E-state index contributed by atoms with van der Waals surface area (Å²) in [7, 11) is 1.66. The molecule has 0 unspecified atom stereocenters. The lowest BCUT2D eigenvalue weighted by atomic mass is 9.95. The molecule has 32 heavy (non-hydrogen) atoms. The van der Waals surface area contributed by atoms with Gasteiger partial charge < -0.3 is 4.90 Å². The van der Waals surface area contributed by atoms with Crippen LogP contribution in [-0.2, 0) is 13.5 Å². The third-order valence-electron chi connectivity index (χ3n) is 5.91. The van der Waals surface area contributed by atoms with Gasteiger partial charge in [-0.05, 0) is 31.5 Å². The number of aromatic nitrogens is 4. The summed E-state index contributed by atoms with van der Waals surface area (Å²) in [6, 6.07) is 8.82. The number of hydrogen-bond acceptors (Lipinski definition) is 4. The van der Waals surface area contributed by atoms with Crippen LogP contribution < -0.4 is 0 Å². The summed E-state index contributed by atoms with van der Waals surface area (Å²) in [6.45, 7) is 2.22. The molecule has 0 spiro atoms. The molecule has 3 heterocycles. The Bertz CT molecular complexity index is 1360. The van der Waals surface area contributed by atoms with E-state index in [1.807, 2.05) is 25.1 Å². The number of fused-ring (bicyclic) bond motifs is 2. The highest BCUT2D eigenvalue weighted by molar-refractivity contribution is 6.04. The number of para-hydroxylation sites is 1. The van der Waals surface area contributed by atoms with Crippen molar-refractivity contribution in [3.63, 3.8) is 0 Å². The van der Waals surface area contributed by atoms with Crippen LogP contribution in [0.5, 0.6) is 0 Å². The van der Waals surface area contributed by atoms with Gasteiger partial charge in [0.2, 0.25) is 0 Å². The van der Waals surface area contributed by atoms with E-state index in [9.17, 15) is 18.0 Å². The van der Waals surface area contributed by atoms with Crippen LogP contribution in [0.2, 0.25) is 0 Å². The molecule has 9 heteroatoms. The maximum absolute atomic E-state index is 13.8. The zero-order valence-electron chi connectivity index (χ0n) is 17.3. The number of halogens is 3. The first kappa shape index (κ1) is 20.2. The minimum Gasteiger partial charge on any atom is -0.329 e. The molecule has 4 aromatic rings. The molecule has 0 bridgehead atoms. The molecule has 1 atom stereocenters. The average molecular weight is 437 g/mol. The molecule has 0 radical (unpaired) electrons. The monoisotopic (exact) mass is 437 g/mol. The Kier molecular flexibility index (Phi) is 4.69. The van der Waals surface area contributed by atoms with Gasteiger partial charge in [0.25, 0.3) is 5.91 Å². The minimum absolute atomic E-state index is 0.200. The van der Waals surface area contributed by atoms with E-state index in [2.05, 4.69) is 15.1 Å². The Labute approximate surface area is 181 Å². The van der Waals surface area contributed by atoms with Gasteiger partial charge in [-0.15, -0.1) is 0 Å². The molecule has 1 aliphatic rings. The van der Waals surface area contributed by atoms with Crippen molar-refractivity contribution in [2.24, 2.45) is 7.05 Å². The van der Waals surface area contributed by atoms with E-state index in [0.29, 0.717) is 41.0 Å². The number of hydrogen-bond donors (Lipinski definition) is 0. The van der Waals surface area contributed by atoms with E-state index >= 15 is 0 Å². The summed E-state index contributed by atoms with van der Waals surface area (Å²) in [4.78, 5) is 23.5. The molecule has 2 aromatic heterocycles. The fourth-order valence-electron chi connectivity index (χ4n) is 4.39. The van der Waals surface area contributed by atoms with Crippen LogP contribution >= 0.6 is 0 Å². The molecule has 1 amide bonds. The molecule has 0 N–H and O–H groups in total. The first-order valence-electron chi connectivity index (χ1n) is 10.1. The molecule has 162 valence electrons. The molecule has 0 fully saturated rings. The van der Waals surface area contributed by atoms with Crippen molar-refractivity contribution in [2.75, 3.05) is 6.54 Å². The van der Waals surface area contributed by atoms with Gasteiger partial charge in [0.15, 0.2) is 17.5 Å². The van der Waals surface area contributed by atoms with Crippen LogP contribution in [0.4, 0.5) is 13.2 Å². The second-order valence-corrected chi connectivity index (χ2v) is 7.75. The molecule has 2 aromatic carbocycles. The quantitative estimate of drug-likeness (QED) is 0.441. The van der Waals surface area contributed by atoms with Gasteiger partial charge in [0, 0.05) is 30.1 Å². The molecule has 0 aliphatic carbocycles. The van der Waals surface area contributed by atoms with Gasteiger partial charge >= 0.3 is 0 Å².